The first-order valence-corrected chi connectivity index (χ1v) is 9.99. The molecule has 2 N–H and O–H groups in total. The topological polar surface area (TPSA) is 66.0 Å². The molecule has 2 aromatic heterocycles. The van der Waals surface area contributed by atoms with Crippen LogP contribution in [0.2, 0.25) is 0 Å². The molecule has 0 bridgehead atoms. The minimum Gasteiger partial charge on any atom is -0.372 e. The molecule has 0 saturated carbocycles. The number of fused-ring (bicyclic) bond motifs is 1. The highest BCUT2D eigenvalue weighted by molar-refractivity contribution is 5.90. The molecule has 3 aromatic rings. The fourth-order valence-corrected chi connectivity index (χ4v) is 4.06. The lowest BCUT2D eigenvalue weighted by Crippen LogP contribution is -2.41. The number of anilines is 2. The average molecular weight is 377 g/mol. The number of nitrogens with one attached hydrogen (secondary N) is 2. The lowest BCUT2D eigenvalue weighted by molar-refractivity contribution is 0.208. The number of hydrogen-bond acceptors (Lipinski definition) is 6. The van der Waals surface area contributed by atoms with Crippen molar-refractivity contribution in [3.63, 3.8) is 0 Å². The van der Waals surface area contributed by atoms with Gasteiger partial charge in [0.1, 0.15) is 5.82 Å². The molecular weight excluding hydrogens is 348 g/mol. The highest BCUT2D eigenvalue weighted by Crippen LogP contribution is 2.25. The van der Waals surface area contributed by atoms with Crippen molar-refractivity contribution in [1.82, 2.24) is 19.9 Å². The number of rotatable bonds is 5. The maximum atomic E-state index is 4.72. The number of benzene rings is 1. The average Bonchev–Trinajstić information content (AvgIpc) is 2.68. The van der Waals surface area contributed by atoms with E-state index in [1.165, 1.54) is 12.0 Å². The molecule has 0 spiro atoms. The first-order chi connectivity index (χ1) is 13.6. The Morgan fingerprint density at radius 2 is 1.93 bits per heavy atom. The number of hydrogen-bond donors (Lipinski definition) is 2. The summed E-state index contributed by atoms with van der Waals surface area (Å²) in [6.07, 6.45) is 2.30. The van der Waals surface area contributed by atoms with Crippen molar-refractivity contribution in [3.05, 3.63) is 53.2 Å². The van der Waals surface area contributed by atoms with E-state index in [0.717, 1.165) is 54.2 Å². The largest absolute Gasteiger partial charge is 0.372 e. The van der Waals surface area contributed by atoms with Crippen molar-refractivity contribution in [1.29, 1.82) is 0 Å². The molecular formula is C22H28N6. The third kappa shape index (κ3) is 4.07. The van der Waals surface area contributed by atoms with Crippen LogP contribution in [-0.2, 0) is 6.54 Å². The summed E-state index contributed by atoms with van der Waals surface area (Å²) in [7, 11) is 1.90. The Labute approximate surface area is 166 Å². The molecule has 3 heterocycles. The van der Waals surface area contributed by atoms with Crippen molar-refractivity contribution in [2.45, 2.75) is 39.3 Å². The quantitative estimate of drug-likeness (QED) is 0.707. The monoisotopic (exact) mass is 376 g/mol. The van der Waals surface area contributed by atoms with Crippen LogP contribution in [0, 0.1) is 13.8 Å². The second kappa shape index (κ2) is 8.10. The molecule has 28 heavy (non-hydrogen) atoms. The van der Waals surface area contributed by atoms with Gasteiger partial charge in [-0.1, -0.05) is 30.3 Å². The molecule has 4 rings (SSSR count). The number of aryl methyl sites for hydroxylation is 2. The molecule has 6 heteroatoms. The lowest BCUT2D eigenvalue weighted by Gasteiger charge is -2.33. The van der Waals surface area contributed by atoms with Crippen LogP contribution >= 0.6 is 0 Å². The zero-order valence-electron chi connectivity index (χ0n) is 16.9. The van der Waals surface area contributed by atoms with E-state index >= 15 is 0 Å². The van der Waals surface area contributed by atoms with Gasteiger partial charge in [0, 0.05) is 31.9 Å². The third-order valence-electron chi connectivity index (χ3n) is 5.32. The molecule has 1 fully saturated rings. The minimum atomic E-state index is 0.338. The number of piperidine rings is 1. The van der Waals surface area contributed by atoms with Gasteiger partial charge in [-0.05, 0) is 50.4 Å². The maximum Gasteiger partial charge on any atom is 0.226 e. The molecule has 1 atom stereocenters. The van der Waals surface area contributed by atoms with Crippen LogP contribution in [0.5, 0.6) is 0 Å². The van der Waals surface area contributed by atoms with Crippen LogP contribution in [0.15, 0.2) is 36.4 Å². The lowest BCUT2D eigenvalue weighted by atomic mass is 10.0. The van der Waals surface area contributed by atoms with Gasteiger partial charge in [0.05, 0.1) is 5.39 Å². The maximum absolute atomic E-state index is 4.72. The summed E-state index contributed by atoms with van der Waals surface area (Å²) in [6.45, 7) is 7.19. The standard InChI is InChI=1S/C22H28N6/c1-15-12-16(2)24-21-19(15)20(23-3)26-22(27-21)25-18-10-7-11-28(14-18)13-17-8-5-4-6-9-17/h4-6,8-9,12,18H,7,10-11,13-14H2,1-3H3,(H2,23,24,25,26,27)/t18-/m1/s1. The smallest absolute Gasteiger partial charge is 0.226 e. The Balaban J connectivity index is 1.52. The van der Waals surface area contributed by atoms with Crippen molar-refractivity contribution in [2.75, 3.05) is 30.8 Å². The molecule has 0 amide bonds. The van der Waals surface area contributed by atoms with Crippen LogP contribution < -0.4 is 10.6 Å². The molecule has 1 aliphatic rings. The molecule has 0 unspecified atom stereocenters. The van der Waals surface area contributed by atoms with Crippen molar-refractivity contribution in [3.8, 4) is 0 Å². The molecule has 0 radical (unpaired) electrons. The summed E-state index contributed by atoms with van der Waals surface area (Å²) in [5.41, 5.74) is 4.22. The van der Waals surface area contributed by atoms with Gasteiger partial charge in [-0.15, -0.1) is 0 Å². The van der Waals surface area contributed by atoms with E-state index in [2.05, 4.69) is 63.8 Å². The van der Waals surface area contributed by atoms with Crippen LogP contribution in [0.25, 0.3) is 11.0 Å². The Hall–Kier alpha value is -2.73. The fourth-order valence-electron chi connectivity index (χ4n) is 4.06. The highest BCUT2D eigenvalue weighted by Gasteiger charge is 2.21. The van der Waals surface area contributed by atoms with Gasteiger partial charge >= 0.3 is 0 Å². The van der Waals surface area contributed by atoms with Gasteiger partial charge in [0.2, 0.25) is 5.95 Å². The third-order valence-corrected chi connectivity index (χ3v) is 5.32. The van der Waals surface area contributed by atoms with Gasteiger partial charge < -0.3 is 10.6 Å². The van der Waals surface area contributed by atoms with E-state index in [9.17, 15) is 0 Å². The highest BCUT2D eigenvalue weighted by atomic mass is 15.2. The van der Waals surface area contributed by atoms with Crippen LogP contribution in [0.4, 0.5) is 11.8 Å². The minimum absolute atomic E-state index is 0.338. The van der Waals surface area contributed by atoms with Gasteiger partial charge in [-0.25, -0.2) is 4.98 Å². The first kappa shape index (κ1) is 18.6. The summed E-state index contributed by atoms with van der Waals surface area (Å²) in [6, 6.07) is 13.1. The molecule has 1 aliphatic heterocycles. The molecule has 1 saturated heterocycles. The second-order valence-corrected chi connectivity index (χ2v) is 7.63. The predicted octanol–water partition coefficient (Wildman–Crippen LogP) is 3.76. The van der Waals surface area contributed by atoms with E-state index in [1.54, 1.807) is 0 Å². The molecule has 146 valence electrons. The SMILES string of the molecule is CNc1nc(N[C@@H]2CCCN(Cc3ccccc3)C2)nc2nc(C)cc(C)c12. The summed E-state index contributed by atoms with van der Waals surface area (Å²) in [5, 5.41) is 7.76. The number of likely N-dealkylation sites (tertiary alicyclic amines) is 1. The van der Waals surface area contributed by atoms with Crippen LogP contribution in [0.3, 0.4) is 0 Å². The predicted molar refractivity (Wildman–Crippen MR) is 115 cm³/mol. The summed E-state index contributed by atoms with van der Waals surface area (Å²) < 4.78 is 0. The first-order valence-electron chi connectivity index (χ1n) is 9.99. The normalized spacial score (nSPS) is 17.6. The Morgan fingerprint density at radius 1 is 1.11 bits per heavy atom. The molecule has 1 aromatic carbocycles. The fraction of sp³-hybridized carbons (Fsp3) is 0.409. The number of aromatic nitrogens is 3. The van der Waals surface area contributed by atoms with Crippen molar-refractivity contribution < 1.29 is 0 Å². The summed E-state index contributed by atoms with van der Waals surface area (Å²) in [5.74, 6) is 1.48. The van der Waals surface area contributed by atoms with E-state index in [0.29, 0.717) is 12.0 Å². The van der Waals surface area contributed by atoms with Crippen molar-refractivity contribution in [2.24, 2.45) is 0 Å². The number of pyridine rings is 1. The summed E-state index contributed by atoms with van der Waals surface area (Å²) in [4.78, 5) is 16.6. The van der Waals surface area contributed by atoms with Gasteiger partial charge in [-0.2, -0.15) is 9.97 Å². The van der Waals surface area contributed by atoms with Crippen LogP contribution in [-0.4, -0.2) is 46.0 Å². The van der Waals surface area contributed by atoms with E-state index in [1.807, 2.05) is 14.0 Å². The second-order valence-electron chi connectivity index (χ2n) is 7.63. The summed E-state index contributed by atoms with van der Waals surface area (Å²) >= 11 is 0. The Kier molecular flexibility index (Phi) is 5.39. The van der Waals surface area contributed by atoms with E-state index in [-0.39, 0.29) is 0 Å². The van der Waals surface area contributed by atoms with Gasteiger partial charge in [0.25, 0.3) is 0 Å². The zero-order valence-corrected chi connectivity index (χ0v) is 16.9. The Bertz CT molecular complexity index is 956. The molecule has 6 nitrogen and oxygen atoms in total. The number of nitrogens with zero attached hydrogens (tertiary/aromatic N) is 4. The zero-order chi connectivity index (χ0) is 19.5. The van der Waals surface area contributed by atoms with Gasteiger partial charge in [-0.3, -0.25) is 4.90 Å². The van der Waals surface area contributed by atoms with E-state index < -0.39 is 0 Å². The Morgan fingerprint density at radius 3 is 2.71 bits per heavy atom. The van der Waals surface area contributed by atoms with Gasteiger partial charge in [0.15, 0.2) is 5.65 Å². The van der Waals surface area contributed by atoms with Crippen LogP contribution in [0.1, 0.15) is 29.7 Å². The molecule has 0 aliphatic carbocycles. The van der Waals surface area contributed by atoms with Crippen molar-refractivity contribution >= 4 is 22.8 Å². The van der Waals surface area contributed by atoms with E-state index in [4.69, 9.17) is 9.97 Å².